The van der Waals surface area contributed by atoms with Crippen molar-refractivity contribution in [3.8, 4) is 0 Å². The highest BCUT2D eigenvalue weighted by molar-refractivity contribution is 7.14. The zero-order valence-electron chi connectivity index (χ0n) is 14.1. The van der Waals surface area contributed by atoms with Crippen LogP contribution in [0, 0.1) is 12.8 Å². The number of aliphatic hydroxyl groups is 1. The largest absolute Gasteiger partial charge is 0.396 e. The average Bonchev–Trinajstić information content (AvgIpc) is 2.95. The lowest BCUT2D eigenvalue weighted by Gasteiger charge is -2.22. The van der Waals surface area contributed by atoms with E-state index in [-0.39, 0.29) is 23.8 Å². The molecular weight excluding hydrogens is 308 g/mol. The molecule has 4 nitrogen and oxygen atoms in total. The third kappa shape index (κ3) is 3.98. The third-order valence-electron chi connectivity index (χ3n) is 3.96. The molecule has 1 unspecified atom stereocenters. The van der Waals surface area contributed by atoms with Crippen LogP contribution in [0.25, 0.3) is 0 Å². The topological polar surface area (TPSA) is 62.2 Å². The van der Waals surface area contributed by atoms with E-state index in [0.29, 0.717) is 11.4 Å². The van der Waals surface area contributed by atoms with Gasteiger partial charge in [-0.15, -0.1) is 11.3 Å². The van der Waals surface area contributed by atoms with E-state index in [2.05, 4.69) is 36.3 Å². The van der Waals surface area contributed by atoms with E-state index >= 15 is 0 Å². The quantitative estimate of drug-likeness (QED) is 0.854. The highest BCUT2D eigenvalue weighted by Gasteiger charge is 2.29. The lowest BCUT2D eigenvalue weighted by atomic mass is 9.85. The summed E-state index contributed by atoms with van der Waals surface area (Å²) >= 11 is 1.44. The summed E-state index contributed by atoms with van der Waals surface area (Å²) in [5, 5.41) is 12.8. The Hall–Kier alpha value is -1.72. The van der Waals surface area contributed by atoms with Crippen LogP contribution in [0.4, 0.5) is 0 Å². The summed E-state index contributed by atoms with van der Waals surface area (Å²) in [4.78, 5) is 17.6. The van der Waals surface area contributed by atoms with Gasteiger partial charge in [-0.05, 0) is 32.3 Å². The van der Waals surface area contributed by atoms with Gasteiger partial charge in [0.25, 0.3) is 5.91 Å². The first-order chi connectivity index (χ1) is 10.9. The molecule has 5 heteroatoms. The fraction of sp³-hybridized carbons (Fsp3) is 0.444. The summed E-state index contributed by atoms with van der Waals surface area (Å²) in [6, 6.07) is 10.2. The molecule has 0 aliphatic heterocycles. The number of aryl methyl sites for hydroxylation is 1. The monoisotopic (exact) mass is 332 g/mol. The molecule has 0 saturated heterocycles. The Bertz CT molecular complexity index is 665. The number of nitrogens with zero attached hydrogens (tertiary/aromatic N) is 1. The molecule has 1 aromatic heterocycles. The standard InChI is InChI=1S/C18H24N2O2S/c1-12(11-21)10-19-16(22)15-13(2)20-17(23-15)18(3,4)14-8-6-5-7-9-14/h5-9,12,21H,10-11H2,1-4H3,(H,19,22). The molecular formula is C18H24N2O2S. The van der Waals surface area contributed by atoms with E-state index in [1.165, 1.54) is 16.9 Å². The van der Waals surface area contributed by atoms with Crippen LogP contribution in [-0.4, -0.2) is 29.1 Å². The summed E-state index contributed by atoms with van der Waals surface area (Å²) < 4.78 is 0. The maximum absolute atomic E-state index is 12.3. The first kappa shape index (κ1) is 17.6. The maximum Gasteiger partial charge on any atom is 0.263 e. The number of thiazole rings is 1. The minimum absolute atomic E-state index is 0.0485. The molecule has 124 valence electrons. The van der Waals surface area contributed by atoms with Crippen molar-refractivity contribution >= 4 is 17.2 Å². The van der Waals surface area contributed by atoms with Gasteiger partial charge in [0.15, 0.2) is 0 Å². The van der Waals surface area contributed by atoms with Gasteiger partial charge in [0, 0.05) is 18.6 Å². The molecule has 0 aliphatic rings. The molecule has 1 heterocycles. The number of nitrogens with one attached hydrogen (secondary N) is 1. The van der Waals surface area contributed by atoms with E-state index in [1.807, 2.05) is 32.0 Å². The Morgan fingerprint density at radius 3 is 2.61 bits per heavy atom. The van der Waals surface area contributed by atoms with Crippen molar-refractivity contribution in [2.75, 3.05) is 13.2 Å². The first-order valence-corrected chi connectivity index (χ1v) is 8.60. The zero-order valence-corrected chi connectivity index (χ0v) is 14.9. The van der Waals surface area contributed by atoms with Gasteiger partial charge in [-0.1, -0.05) is 37.3 Å². The van der Waals surface area contributed by atoms with Crippen LogP contribution in [0.15, 0.2) is 30.3 Å². The van der Waals surface area contributed by atoms with Crippen molar-refractivity contribution in [1.29, 1.82) is 0 Å². The fourth-order valence-electron chi connectivity index (χ4n) is 2.26. The molecule has 1 aromatic carbocycles. The Labute approximate surface area is 141 Å². The van der Waals surface area contributed by atoms with Crippen molar-refractivity contribution < 1.29 is 9.90 Å². The van der Waals surface area contributed by atoms with Crippen molar-refractivity contribution in [2.24, 2.45) is 5.92 Å². The summed E-state index contributed by atoms with van der Waals surface area (Å²) in [6.07, 6.45) is 0. The van der Waals surface area contributed by atoms with Gasteiger partial charge in [0.05, 0.1) is 5.69 Å². The van der Waals surface area contributed by atoms with Gasteiger partial charge in [0.1, 0.15) is 9.88 Å². The van der Waals surface area contributed by atoms with E-state index in [4.69, 9.17) is 5.11 Å². The Kier molecular flexibility index (Phi) is 5.55. The van der Waals surface area contributed by atoms with Crippen molar-refractivity contribution in [3.05, 3.63) is 51.5 Å². The number of benzene rings is 1. The molecule has 2 N–H and O–H groups in total. The zero-order chi connectivity index (χ0) is 17.0. The van der Waals surface area contributed by atoms with Crippen LogP contribution in [0.5, 0.6) is 0 Å². The van der Waals surface area contributed by atoms with E-state index in [0.717, 1.165) is 10.7 Å². The molecule has 0 bridgehead atoms. The lowest BCUT2D eigenvalue weighted by molar-refractivity contribution is 0.0945. The number of hydrogen-bond acceptors (Lipinski definition) is 4. The summed E-state index contributed by atoms with van der Waals surface area (Å²) in [7, 11) is 0. The molecule has 23 heavy (non-hydrogen) atoms. The van der Waals surface area contributed by atoms with E-state index in [9.17, 15) is 4.79 Å². The highest BCUT2D eigenvalue weighted by atomic mass is 32.1. The SMILES string of the molecule is Cc1nc(C(C)(C)c2ccccc2)sc1C(=O)NCC(C)CO. The molecule has 0 spiro atoms. The Balaban J connectivity index is 2.22. The van der Waals surface area contributed by atoms with E-state index < -0.39 is 0 Å². The summed E-state index contributed by atoms with van der Waals surface area (Å²) in [6.45, 7) is 8.53. The lowest BCUT2D eigenvalue weighted by Crippen LogP contribution is -2.29. The van der Waals surface area contributed by atoms with Gasteiger partial charge < -0.3 is 10.4 Å². The molecule has 1 atom stereocenters. The number of rotatable bonds is 6. The predicted molar refractivity (Wildman–Crippen MR) is 94.0 cm³/mol. The Morgan fingerprint density at radius 2 is 2.00 bits per heavy atom. The second kappa shape index (κ2) is 7.23. The molecule has 0 aliphatic carbocycles. The molecule has 2 rings (SSSR count). The molecule has 0 radical (unpaired) electrons. The van der Waals surface area contributed by atoms with Crippen LogP contribution in [0.2, 0.25) is 0 Å². The van der Waals surface area contributed by atoms with Crippen LogP contribution in [0.1, 0.15) is 46.7 Å². The maximum atomic E-state index is 12.3. The minimum atomic E-state index is -0.242. The Morgan fingerprint density at radius 1 is 1.35 bits per heavy atom. The number of carbonyl (C=O) groups excluding carboxylic acids is 1. The first-order valence-electron chi connectivity index (χ1n) is 7.78. The van der Waals surface area contributed by atoms with Gasteiger partial charge in [0.2, 0.25) is 0 Å². The second-order valence-corrected chi connectivity index (χ2v) is 7.42. The fourth-order valence-corrected chi connectivity index (χ4v) is 3.37. The van der Waals surface area contributed by atoms with Crippen LogP contribution in [0.3, 0.4) is 0 Å². The van der Waals surface area contributed by atoms with Gasteiger partial charge in [-0.25, -0.2) is 4.98 Å². The average molecular weight is 332 g/mol. The van der Waals surface area contributed by atoms with Gasteiger partial charge in [-0.2, -0.15) is 0 Å². The number of carbonyl (C=O) groups is 1. The summed E-state index contributed by atoms with van der Waals surface area (Å²) in [5.74, 6) is -0.0668. The third-order valence-corrected chi connectivity index (χ3v) is 5.44. The van der Waals surface area contributed by atoms with E-state index in [1.54, 1.807) is 0 Å². The smallest absolute Gasteiger partial charge is 0.263 e. The molecule has 2 aromatic rings. The number of amides is 1. The normalized spacial score (nSPS) is 12.9. The number of hydrogen-bond donors (Lipinski definition) is 2. The number of aliphatic hydroxyl groups excluding tert-OH is 1. The summed E-state index contributed by atoms with van der Waals surface area (Å²) in [5.41, 5.74) is 1.69. The highest BCUT2D eigenvalue weighted by Crippen LogP contribution is 2.35. The predicted octanol–water partition coefficient (Wildman–Crippen LogP) is 3.14. The molecule has 1 amide bonds. The minimum Gasteiger partial charge on any atom is -0.396 e. The van der Waals surface area contributed by atoms with Crippen LogP contribution < -0.4 is 5.32 Å². The molecule has 0 fully saturated rings. The van der Waals surface area contributed by atoms with Gasteiger partial charge >= 0.3 is 0 Å². The van der Waals surface area contributed by atoms with Crippen LogP contribution >= 0.6 is 11.3 Å². The number of aromatic nitrogens is 1. The van der Waals surface area contributed by atoms with Crippen molar-refractivity contribution in [1.82, 2.24) is 10.3 Å². The molecule has 0 saturated carbocycles. The van der Waals surface area contributed by atoms with Gasteiger partial charge in [-0.3, -0.25) is 4.79 Å². The van der Waals surface area contributed by atoms with Crippen molar-refractivity contribution in [2.45, 2.75) is 33.1 Å². The second-order valence-electron chi connectivity index (χ2n) is 6.42. The van der Waals surface area contributed by atoms with Crippen molar-refractivity contribution in [3.63, 3.8) is 0 Å². The van der Waals surface area contributed by atoms with Crippen LogP contribution in [-0.2, 0) is 5.41 Å².